The first kappa shape index (κ1) is 19.6. The van der Waals surface area contributed by atoms with Gasteiger partial charge in [-0.3, -0.25) is 9.59 Å². The van der Waals surface area contributed by atoms with Crippen molar-refractivity contribution in [1.29, 1.82) is 0 Å². The van der Waals surface area contributed by atoms with Crippen LogP contribution in [0, 0.1) is 11.7 Å². The monoisotopic (exact) mass is 404 g/mol. The summed E-state index contributed by atoms with van der Waals surface area (Å²) in [6.45, 7) is 0.383. The summed E-state index contributed by atoms with van der Waals surface area (Å²) in [5.41, 5.74) is 2.49. The SMILES string of the molecule is O=C(Nc1ccc2c(c1)CC(C(=O)NCc1ccccc1F)CO2)c1ccccc1. The maximum atomic E-state index is 13.7. The van der Waals surface area contributed by atoms with Crippen LogP contribution in [0.5, 0.6) is 5.75 Å². The van der Waals surface area contributed by atoms with Gasteiger partial charge in [0.15, 0.2) is 0 Å². The van der Waals surface area contributed by atoms with E-state index in [0.29, 0.717) is 29.0 Å². The molecule has 0 fully saturated rings. The zero-order valence-electron chi connectivity index (χ0n) is 16.2. The average Bonchev–Trinajstić information content (AvgIpc) is 2.78. The Labute approximate surface area is 173 Å². The number of rotatable bonds is 5. The van der Waals surface area contributed by atoms with Gasteiger partial charge in [0.1, 0.15) is 18.2 Å². The molecule has 1 aliphatic heterocycles. The Morgan fingerprint density at radius 3 is 2.57 bits per heavy atom. The molecule has 4 rings (SSSR count). The van der Waals surface area contributed by atoms with Gasteiger partial charge in [-0.2, -0.15) is 0 Å². The van der Waals surface area contributed by atoms with Crippen LogP contribution in [0.3, 0.4) is 0 Å². The predicted molar refractivity (Wildman–Crippen MR) is 112 cm³/mol. The minimum atomic E-state index is -0.385. The van der Waals surface area contributed by atoms with E-state index < -0.39 is 0 Å². The Morgan fingerprint density at radius 1 is 1.00 bits per heavy atom. The second kappa shape index (κ2) is 8.78. The van der Waals surface area contributed by atoms with Gasteiger partial charge in [0, 0.05) is 23.4 Å². The minimum absolute atomic E-state index is 0.127. The molecule has 0 radical (unpaired) electrons. The van der Waals surface area contributed by atoms with E-state index in [2.05, 4.69) is 10.6 Å². The molecule has 1 aliphatic rings. The number of ether oxygens (including phenoxy) is 1. The number of hydrogen-bond donors (Lipinski definition) is 2. The molecular formula is C24H21FN2O3. The molecule has 0 saturated heterocycles. The Balaban J connectivity index is 1.40. The van der Waals surface area contributed by atoms with Crippen LogP contribution in [0.4, 0.5) is 10.1 Å². The molecule has 0 aromatic heterocycles. The molecule has 0 aliphatic carbocycles. The lowest BCUT2D eigenvalue weighted by Gasteiger charge is -2.25. The molecule has 0 spiro atoms. The molecule has 0 bridgehead atoms. The van der Waals surface area contributed by atoms with Gasteiger partial charge in [-0.15, -0.1) is 0 Å². The summed E-state index contributed by atoms with van der Waals surface area (Å²) < 4.78 is 19.5. The highest BCUT2D eigenvalue weighted by atomic mass is 19.1. The second-order valence-electron chi connectivity index (χ2n) is 7.16. The van der Waals surface area contributed by atoms with Crippen molar-refractivity contribution in [3.63, 3.8) is 0 Å². The van der Waals surface area contributed by atoms with Crippen LogP contribution in [0.1, 0.15) is 21.5 Å². The van der Waals surface area contributed by atoms with E-state index in [1.54, 1.807) is 54.6 Å². The van der Waals surface area contributed by atoms with Crippen LogP contribution in [-0.2, 0) is 17.8 Å². The summed E-state index contributed by atoms with van der Waals surface area (Å²) in [5, 5.41) is 5.65. The molecule has 2 amide bonds. The van der Waals surface area contributed by atoms with Crippen LogP contribution in [0.2, 0.25) is 0 Å². The number of anilines is 1. The van der Waals surface area contributed by atoms with Gasteiger partial charge in [-0.25, -0.2) is 4.39 Å². The molecule has 1 unspecified atom stereocenters. The smallest absolute Gasteiger partial charge is 0.255 e. The predicted octanol–water partition coefficient (Wildman–Crippen LogP) is 3.95. The summed E-state index contributed by atoms with van der Waals surface area (Å²) in [6.07, 6.45) is 0.480. The number of halogens is 1. The van der Waals surface area contributed by atoms with Gasteiger partial charge in [-0.05, 0) is 48.4 Å². The van der Waals surface area contributed by atoms with Crippen molar-refractivity contribution in [2.45, 2.75) is 13.0 Å². The summed E-state index contributed by atoms with van der Waals surface area (Å²) >= 11 is 0. The molecule has 1 atom stereocenters. The van der Waals surface area contributed by atoms with Gasteiger partial charge < -0.3 is 15.4 Å². The zero-order valence-corrected chi connectivity index (χ0v) is 16.2. The van der Waals surface area contributed by atoms with Crippen molar-refractivity contribution >= 4 is 17.5 Å². The lowest BCUT2D eigenvalue weighted by molar-refractivity contribution is -0.126. The third-order valence-corrected chi connectivity index (χ3v) is 5.04. The topological polar surface area (TPSA) is 67.4 Å². The number of carbonyl (C=O) groups excluding carboxylic acids is 2. The number of amides is 2. The van der Waals surface area contributed by atoms with Crippen molar-refractivity contribution in [3.8, 4) is 5.75 Å². The Hall–Kier alpha value is -3.67. The number of fused-ring (bicyclic) bond motifs is 1. The number of carbonyl (C=O) groups is 2. The highest BCUT2D eigenvalue weighted by Crippen LogP contribution is 2.30. The zero-order chi connectivity index (χ0) is 20.9. The molecule has 5 nitrogen and oxygen atoms in total. The number of hydrogen-bond acceptors (Lipinski definition) is 3. The van der Waals surface area contributed by atoms with E-state index in [1.807, 2.05) is 12.1 Å². The lowest BCUT2D eigenvalue weighted by atomic mass is 9.95. The molecule has 152 valence electrons. The van der Waals surface area contributed by atoms with Crippen LogP contribution >= 0.6 is 0 Å². The summed E-state index contributed by atoms with van der Waals surface area (Å²) in [4.78, 5) is 24.9. The largest absolute Gasteiger partial charge is 0.492 e. The van der Waals surface area contributed by atoms with Crippen LogP contribution in [-0.4, -0.2) is 18.4 Å². The lowest BCUT2D eigenvalue weighted by Crippen LogP contribution is -2.37. The molecule has 3 aromatic carbocycles. The fraction of sp³-hybridized carbons (Fsp3) is 0.167. The first-order valence-electron chi connectivity index (χ1n) is 9.73. The van der Waals surface area contributed by atoms with Gasteiger partial charge in [0.2, 0.25) is 5.91 Å². The summed E-state index contributed by atoms with van der Waals surface area (Å²) in [6, 6.07) is 20.7. The van der Waals surface area contributed by atoms with E-state index in [4.69, 9.17) is 4.74 Å². The summed E-state index contributed by atoms with van der Waals surface area (Å²) in [5.74, 6) is -0.425. The number of benzene rings is 3. The molecule has 1 heterocycles. The highest BCUT2D eigenvalue weighted by Gasteiger charge is 2.26. The van der Waals surface area contributed by atoms with Crippen molar-refractivity contribution < 1.29 is 18.7 Å². The first-order valence-corrected chi connectivity index (χ1v) is 9.73. The second-order valence-corrected chi connectivity index (χ2v) is 7.16. The highest BCUT2D eigenvalue weighted by molar-refractivity contribution is 6.04. The van der Waals surface area contributed by atoms with E-state index in [0.717, 1.165) is 5.56 Å². The van der Waals surface area contributed by atoms with Gasteiger partial charge in [0.25, 0.3) is 5.91 Å². The summed E-state index contributed by atoms with van der Waals surface area (Å²) in [7, 11) is 0. The van der Waals surface area contributed by atoms with Crippen molar-refractivity contribution in [2.75, 3.05) is 11.9 Å². The third-order valence-electron chi connectivity index (χ3n) is 5.04. The molecule has 6 heteroatoms. The maximum Gasteiger partial charge on any atom is 0.255 e. The van der Waals surface area contributed by atoms with E-state index in [9.17, 15) is 14.0 Å². The third kappa shape index (κ3) is 4.49. The van der Waals surface area contributed by atoms with Crippen molar-refractivity contribution in [1.82, 2.24) is 5.32 Å². The van der Waals surface area contributed by atoms with E-state index >= 15 is 0 Å². The fourth-order valence-electron chi connectivity index (χ4n) is 3.40. The first-order chi connectivity index (χ1) is 14.6. The quantitative estimate of drug-likeness (QED) is 0.677. The maximum absolute atomic E-state index is 13.7. The van der Waals surface area contributed by atoms with Crippen LogP contribution in [0.25, 0.3) is 0 Å². The van der Waals surface area contributed by atoms with Gasteiger partial charge in [0.05, 0.1) is 5.92 Å². The standard InChI is InChI=1S/C24H21FN2O3/c25-21-9-5-4-8-17(21)14-26-23(28)19-12-18-13-20(10-11-22(18)30-15-19)27-24(29)16-6-2-1-3-7-16/h1-11,13,19H,12,14-15H2,(H,26,28)(H,27,29). The number of nitrogens with one attached hydrogen (secondary N) is 2. The Morgan fingerprint density at radius 2 is 1.77 bits per heavy atom. The van der Waals surface area contributed by atoms with Crippen molar-refractivity contribution in [3.05, 3.63) is 95.3 Å². The van der Waals surface area contributed by atoms with E-state index in [1.165, 1.54) is 6.07 Å². The normalized spacial score (nSPS) is 14.9. The Bertz CT molecular complexity index is 1070. The molecule has 2 N–H and O–H groups in total. The van der Waals surface area contributed by atoms with Crippen LogP contribution in [0.15, 0.2) is 72.8 Å². The molecule has 3 aromatic rings. The molecular weight excluding hydrogens is 383 g/mol. The van der Waals surface area contributed by atoms with Gasteiger partial charge >= 0.3 is 0 Å². The fourth-order valence-corrected chi connectivity index (χ4v) is 3.40. The van der Waals surface area contributed by atoms with Crippen LogP contribution < -0.4 is 15.4 Å². The molecule has 30 heavy (non-hydrogen) atoms. The van der Waals surface area contributed by atoms with Gasteiger partial charge in [-0.1, -0.05) is 36.4 Å². The van der Waals surface area contributed by atoms with E-state index in [-0.39, 0.29) is 36.7 Å². The van der Waals surface area contributed by atoms with Crippen molar-refractivity contribution in [2.24, 2.45) is 5.92 Å². The Kier molecular flexibility index (Phi) is 5.75. The average molecular weight is 404 g/mol. The molecule has 0 saturated carbocycles. The minimum Gasteiger partial charge on any atom is -0.492 e.